The van der Waals surface area contributed by atoms with Crippen LogP contribution < -0.4 is 4.74 Å². The largest absolute Gasteiger partial charge is 0.494 e. The number of alkyl halides is 1. The number of aryl methyl sites for hydroxylation is 2. The van der Waals surface area contributed by atoms with Gasteiger partial charge in [-0.3, -0.25) is 0 Å². The Labute approximate surface area is 123 Å². The Morgan fingerprint density at radius 2 is 1.42 bits per heavy atom. The maximum absolute atomic E-state index is 5.63. The van der Waals surface area contributed by atoms with Gasteiger partial charge in [0.05, 0.1) is 6.61 Å². The molecule has 0 bridgehead atoms. The molecule has 0 atom stereocenters. The van der Waals surface area contributed by atoms with E-state index in [4.69, 9.17) is 4.74 Å². The van der Waals surface area contributed by atoms with E-state index in [2.05, 4.69) is 70.5 Å². The van der Waals surface area contributed by atoms with Crippen molar-refractivity contribution in [2.24, 2.45) is 0 Å². The molecular weight excluding hydrogens is 300 g/mol. The maximum Gasteiger partial charge on any atom is 0.119 e. The highest BCUT2D eigenvalue weighted by Gasteiger charge is 1.97. The van der Waals surface area contributed by atoms with Crippen LogP contribution in [0.4, 0.5) is 0 Å². The monoisotopic (exact) mass is 318 g/mol. The van der Waals surface area contributed by atoms with Crippen molar-refractivity contribution < 1.29 is 4.74 Å². The van der Waals surface area contributed by atoms with Gasteiger partial charge in [-0.2, -0.15) is 0 Å². The van der Waals surface area contributed by atoms with E-state index in [0.717, 1.165) is 36.9 Å². The molecule has 0 fully saturated rings. The summed E-state index contributed by atoms with van der Waals surface area (Å²) in [4.78, 5) is 0. The summed E-state index contributed by atoms with van der Waals surface area (Å²) in [5, 5.41) is 0.988. The SMILES string of the molecule is BrCCCOc1ccc(CCc2ccccc2)cc1. The molecule has 0 heterocycles. The van der Waals surface area contributed by atoms with Crippen molar-refractivity contribution in [1.29, 1.82) is 0 Å². The highest BCUT2D eigenvalue weighted by atomic mass is 79.9. The van der Waals surface area contributed by atoms with E-state index in [1.165, 1.54) is 11.1 Å². The molecule has 0 saturated heterocycles. The van der Waals surface area contributed by atoms with Gasteiger partial charge in [-0.15, -0.1) is 0 Å². The number of halogens is 1. The predicted octanol–water partition coefficient (Wildman–Crippen LogP) is 4.64. The second kappa shape index (κ2) is 8.00. The Balaban J connectivity index is 1.81. The van der Waals surface area contributed by atoms with E-state index in [-0.39, 0.29) is 0 Å². The van der Waals surface area contributed by atoms with E-state index in [1.807, 2.05) is 0 Å². The summed E-state index contributed by atoms with van der Waals surface area (Å²) in [7, 11) is 0. The molecule has 0 N–H and O–H groups in total. The second-order valence-electron chi connectivity index (χ2n) is 4.52. The van der Waals surface area contributed by atoms with Crippen LogP contribution in [-0.2, 0) is 12.8 Å². The van der Waals surface area contributed by atoms with Crippen molar-refractivity contribution in [3.8, 4) is 5.75 Å². The van der Waals surface area contributed by atoms with Gasteiger partial charge in [0.1, 0.15) is 5.75 Å². The fourth-order valence-electron chi connectivity index (χ4n) is 1.93. The molecule has 2 aromatic carbocycles. The van der Waals surface area contributed by atoms with Gasteiger partial charge < -0.3 is 4.74 Å². The van der Waals surface area contributed by atoms with E-state index in [1.54, 1.807) is 0 Å². The summed E-state index contributed by atoms with van der Waals surface area (Å²) >= 11 is 3.40. The van der Waals surface area contributed by atoms with E-state index >= 15 is 0 Å². The summed E-state index contributed by atoms with van der Waals surface area (Å²) < 4.78 is 5.63. The van der Waals surface area contributed by atoms with Crippen LogP contribution in [0.5, 0.6) is 5.75 Å². The molecule has 0 spiro atoms. The number of hydrogen-bond acceptors (Lipinski definition) is 1. The Morgan fingerprint density at radius 1 is 0.789 bits per heavy atom. The van der Waals surface area contributed by atoms with E-state index in [0.29, 0.717) is 0 Å². The molecular formula is C17H19BrO. The van der Waals surface area contributed by atoms with Crippen LogP contribution >= 0.6 is 15.9 Å². The van der Waals surface area contributed by atoms with Crippen LogP contribution in [-0.4, -0.2) is 11.9 Å². The van der Waals surface area contributed by atoms with E-state index in [9.17, 15) is 0 Å². The number of hydrogen-bond donors (Lipinski definition) is 0. The Hall–Kier alpha value is -1.28. The van der Waals surface area contributed by atoms with Gasteiger partial charge in [-0.05, 0) is 42.5 Å². The lowest BCUT2D eigenvalue weighted by molar-refractivity contribution is 0.319. The molecule has 2 aromatic rings. The van der Waals surface area contributed by atoms with Crippen molar-refractivity contribution in [3.05, 3.63) is 65.7 Å². The van der Waals surface area contributed by atoms with Crippen LogP contribution in [0.2, 0.25) is 0 Å². The smallest absolute Gasteiger partial charge is 0.119 e. The summed E-state index contributed by atoms with van der Waals surface area (Å²) in [6.07, 6.45) is 3.20. The average Bonchev–Trinajstić information content (AvgIpc) is 2.48. The molecule has 0 saturated carbocycles. The highest BCUT2D eigenvalue weighted by molar-refractivity contribution is 9.09. The van der Waals surface area contributed by atoms with Crippen molar-refractivity contribution in [1.82, 2.24) is 0 Å². The van der Waals surface area contributed by atoms with Gasteiger partial charge in [-0.1, -0.05) is 58.4 Å². The fourth-order valence-corrected chi connectivity index (χ4v) is 2.16. The molecule has 0 amide bonds. The first kappa shape index (κ1) is 14.1. The number of benzene rings is 2. The minimum Gasteiger partial charge on any atom is -0.494 e. The zero-order valence-corrected chi connectivity index (χ0v) is 12.6. The summed E-state index contributed by atoms with van der Waals surface area (Å²) in [6, 6.07) is 19.0. The lowest BCUT2D eigenvalue weighted by Gasteiger charge is -2.06. The van der Waals surface area contributed by atoms with Crippen molar-refractivity contribution in [2.75, 3.05) is 11.9 Å². The first-order chi connectivity index (χ1) is 9.38. The molecule has 0 aliphatic carbocycles. The standard InChI is InChI=1S/C17H19BrO/c18-13-4-14-19-17-11-9-16(10-12-17)8-7-15-5-2-1-3-6-15/h1-3,5-6,9-12H,4,7-8,13-14H2. The molecule has 2 rings (SSSR count). The third-order valence-corrected chi connectivity index (χ3v) is 3.58. The fraction of sp³-hybridized carbons (Fsp3) is 0.294. The first-order valence-corrected chi connectivity index (χ1v) is 7.82. The Kier molecular flexibility index (Phi) is 5.96. The van der Waals surface area contributed by atoms with Crippen molar-refractivity contribution in [3.63, 3.8) is 0 Å². The number of rotatable bonds is 7. The van der Waals surface area contributed by atoms with Crippen LogP contribution in [0.1, 0.15) is 17.5 Å². The molecule has 1 nitrogen and oxygen atoms in total. The quantitative estimate of drug-likeness (QED) is 0.534. The highest BCUT2D eigenvalue weighted by Crippen LogP contribution is 2.14. The minimum atomic E-state index is 0.772. The Bertz CT molecular complexity index is 464. The predicted molar refractivity (Wildman–Crippen MR) is 84.2 cm³/mol. The normalized spacial score (nSPS) is 10.4. The summed E-state index contributed by atoms with van der Waals surface area (Å²) in [6.45, 7) is 0.772. The molecule has 0 aliphatic rings. The first-order valence-electron chi connectivity index (χ1n) is 6.70. The lowest BCUT2D eigenvalue weighted by atomic mass is 10.0. The van der Waals surface area contributed by atoms with Crippen molar-refractivity contribution in [2.45, 2.75) is 19.3 Å². The van der Waals surface area contributed by atoms with Gasteiger partial charge in [0.25, 0.3) is 0 Å². The Morgan fingerprint density at radius 3 is 2.05 bits per heavy atom. The van der Waals surface area contributed by atoms with Crippen molar-refractivity contribution >= 4 is 15.9 Å². The third kappa shape index (κ3) is 5.07. The van der Waals surface area contributed by atoms with Gasteiger partial charge in [-0.25, -0.2) is 0 Å². The molecule has 19 heavy (non-hydrogen) atoms. The topological polar surface area (TPSA) is 9.23 Å². The molecule has 100 valence electrons. The van der Waals surface area contributed by atoms with Crippen LogP contribution in [0.15, 0.2) is 54.6 Å². The third-order valence-electron chi connectivity index (χ3n) is 3.02. The van der Waals surface area contributed by atoms with Crippen LogP contribution in [0, 0.1) is 0 Å². The molecule has 0 aliphatic heterocycles. The summed E-state index contributed by atoms with van der Waals surface area (Å²) in [5.41, 5.74) is 2.75. The minimum absolute atomic E-state index is 0.772. The van der Waals surface area contributed by atoms with Gasteiger partial charge >= 0.3 is 0 Å². The zero-order valence-electron chi connectivity index (χ0n) is 11.0. The molecule has 0 unspecified atom stereocenters. The van der Waals surface area contributed by atoms with Gasteiger partial charge in [0.15, 0.2) is 0 Å². The molecule has 0 aromatic heterocycles. The van der Waals surface area contributed by atoms with Gasteiger partial charge in [0.2, 0.25) is 0 Å². The number of ether oxygens (including phenoxy) is 1. The zero-order chi connectivity index (χ0) is 13.3. The molecule has 0 radical (unpaired) electrons. The van der Waals surface area contributed by atoms with Crippen LogP contribution in [0.25, 0.3) is 0 Å². The van der Waals surface area contributed by atoms with Gasteiger partial charge in [0, 0.05) is 5.33 Å². The second-order valence-corrected chi connectivity index (χ2v) is 5.31. The van der Waals surface area contributed by atoms with Crippen LogP contribution in [0.3, 0.4) is 0 Å². The van der Waals surface area contributed by atoms with E-state index < -0.39 is 0 Å². The molecule has 2 heteroatoms. The summed E-state index contributed by atoms with van der Waals surface area (Å²) in [5.74, 6) is 0.962. The average molecular weight is 319 g/mol. The lowest BCUT2D eigenvalue weighted by Crippen LogP contribution is -1.98. The maximum atomic E-state index is 5.63.